The quantitative estimate of drug-likeness (QED) is 0.711. The van der Waals surface area contributed by atoms with Crippen LogP contribution in [0.5, 0.6) is 0 Å². The lowest BCUT2D eigenvalue weighted by Crippen LogP contribution is -2.32. The number of carboxylic acids is 1. The van der Waals surface area contributed by atoms with E-state index in [0.717, 1.165) is 5.69 Å². The fourth-order valence-electron chi connectivity index (χ4n) is 2.17. The van der Waals surface area contributed by atoms with Crippen molar-refractivity contribution in [1.82, 2.24) is 10.3 Å². The summed E-state index contributed by atoms with van der Waals surface area (Å²) in [6.07, 6.45) is 1.39. The van der Waals surface area contributed by atoms with Crippen LogP contribution in [0.2, 0.25) is 0 Å². The molecule has 21 heavy (non-hydrogen) atoms. The van der Waals surface area contributed by atoms with E-state index in [9.17, 15) is 14.4 Å². The van der Waals surface area contributed by atoms with E-state index >= 15 is 0 Å². The zero-order valence-electron chi connectivity index (χ0n) is 12.7. The van der Waals surface area contributed by atoms with Gasteiger partial charge in [0.1, 0.15) is 5.56 Å². The van der Waals surface area contributed by atoms with Gasteiger partial charge in [-0.25, -0.2) is 0 Å². The van der Waals surface area contributed by atoms with Crippen LogP contribution in [-0.4, -0.2) is 28.5 Å². The first-order valence-electron chi connectivity index (χ1n) is 7.01. The van der Waals surface area contributed by atoms with E-state index in [4.69, 9.17) is 5.11 Å². The predicted octanol–water partition coefficient (Wildman–Crippen LogP) is 1.61. The number of aliphatic carboxylic acids is 1. The zero-order valence-corrected chi connectivity index (χ0v) is 12.7. The number of H-pyrrole nitrogens is 1. The van der Waals surface area contributed by atoms with Crippen molar-refractivity contribution in [2.24, 2.45) is 5.92 Å². The predicted molar refractivity (Wildman–Crippen MR) is 79.5 cm³/mol. The number of aryl methyl sites for hydroxylation is 2. The first-order valence-corrected chi connectivity index (χ1v) is 7.01. The molecule has 0 spiro atoms. The summed E-state index contributed by atoms with van der Waals surface area (Å²) in [7, 11) is 0. The minimum atomic E-state index is -0.812. The van der Waals surface area contributed by atoms with Gasteiger partial charge in [-0.05, 0) is 44.2 Å². The average Bonchev–Trinajstić information content (AvgIpc) is 2.35. The molecule has 1 amide bonds. The summed E-state index contributed by atoms with van der Waals surface area (Å²) in [4.78, 5) is 36.9. The lowest BCUT2D eigenvalue weighted by atomic mass is 10.0. The molecule has 1 unspecified atom stereocenters. The van der Waals surface area contributed by atoms with Crippen LogP contribution in [-0.2, 0) is 4.79 Å². The second kappa shape index (κ2) is 7.61. The van der Waals surface area contributed by atoms with Crippen molar-refractivity contribution in [2.45, 2.75) is 40.0 Å². The number of carboxylic acid groups (broad SMARTS) is 1. The standard InChI is InChI=1S/C15H22N2O4/c1-9(4-5-12(18)19)6-7-16-14(20)13-10(2)8-11(3)17-15(13)21/h8-9H,4-7H2,1-3H3,(H,16,20)(H,17,21)(H,18,19). The lowest BCUT2D eigenvalue weighted by Gasteiger charge is -2.11. The van der Waals surface area contributed by atoms with Crippen LogP contribution >= 0.6 is 0 Å². The number of hydrogen-bond acceptors (Lipinski definition) is 3. The van der Waals surface area contributed by atoms with Crippen molar-refractivity contribution >= 4 is 11.9 Å². The minimum absolute atomic E-state index is 0.131. The highest BCUT2D eigenvalue weighted by Crippen LogP contribution is 2.09. The summed E-state index contributed by atoms with van der Waals surface area (Å²) in [5, 5.41) is 11.3. The van der Waals surface area contributed by atoms with Crippen molar-refractivity contribution in [3.05, 3.63) is 33.2 Å². The van der Waals surface area contributed by atoms with Crippen LogP contribution in [0, 0.1) is 19.8 Å². The summed E-state index contributed by atoms with van der Waals surface area (Å²) in [5.41, 5.74) is 1.12. The molecule has 0 aliphatic carbocycles. The van der Waals surface area contributed by atoms with E-state index < -0.39 is 5.97 Å². The zero-order chi connectivity index (χ0) is 16.0. The van der Waals surface area contributed by atoms with Crippen molar-refractivity contribution in [3.63, 3.8) is 0 Å². The highest BCUT2D eigenvalue weighted by atomic mass is 16.4. The first kappa shape index (κ1) is 16.9. The van der Waals surface area contributed by atoms with Gasteiger partial charge in [-0.1, -0.05) is 6.92 Å². The van der Waals surface area contributed by atoms with Crippen LogP contribution in [0.4, 0.5) is 0 Å². The molecular formula is C15H22N2O4. The summed E-state index contributed by atoms with van der Waals surface area (Å²) < 4.78 is 0. The molecule has 1 aromatic rings. The van der Waals surface area contributed by atoms with E-state index in [0.29, 0.717) is 24.9 Å². The summed E-state index contributed by atoms with van der Waals surface area (Å²) in [6, 6.07) is 1.76. The maximum atomic E-state index is 12.0. The van der Waals surface area contributed by atoms with Crippen molar-refractivity contribution in [1.29, 1.82) is 0 Å². The van der Waals surface area contributed by atoms with Crippen molar-refractivity contribution < 1.29 is 14.7 Å². The fourth-order valence-corrected chi connectivity index (χ4v) is 2.17. The lowest BCUT2D eigenvalue weighted by molar-refractivity contribution is -0.137. The van der Waals surface area contributed by atoms with Gasteiger partial charge in [0.2, 0.25) is 0 Å². The third-order valence-electron chi connectivity index (χ3n) is 3.37. The molecule has 1 heterocycles. The van der Waals surface area contributed by atoms with Crippen LogP contribution in [0.1, 0.15) is 47.8 Å². The molecular weight excluding hydrogens is 272 g/mol. The maximum absolute atomic E-state index is 12.0. The van der Waals surface area contributed by atoms with Crippen molar-refractivity contribution in [3.8, 4) is 0 Å². The van der Waals surface area contributed by atoms with Gasteiger partial charge < -0.3 is 15.4 Å². The molecule has 0 saturated heterocycles. The molecule has 116 valence electrons. The van der Waals surface area contributed by atoms with Gasteiger partial charge in [0.05, 0.1) is 0 Å². The Balaban J connectivity index is 2.52. The maximum Gasteiger partial charge on any atom is 0.303 e. The number of aromatic amines is 1. The SMILES string of the molecule is Cc1cc(C)c(C(=O)NCCC(C)CCC(=O)O)c(=O)[nH]1. The number of aromatic nitrogens is 1. The highest BCUT2D eigenvalue weighted by molar-refractivity contribution is 5.95. The fraction of sp³-hybridized carbons (Fsp3) is 0.533. The molecule has 0 bridgehead atoms. The molecule has 3 N–H and O–H groups in total. The molecule has 6 heteroatoms. The van der Waals surface area contributed by atoms with Gasteiger partial charge >= 0.3 is 5.97 Å². The average molecular weight is 294 g/mol. The van der Waals surface area contributed by atoms with Gasteiger partial charge in [-0.15, -0.1) is 0 Å². The molecule has 1 rings (SSSR count). The summed E-state index contributed by atoms with van der Waals surface area (Å²) in [6.45, 7) is 5.86. The van der Waals surface area contributed by atoms with Crippen LogP contribution in [0.25, 0.3) is 0 Å². The van der Waals surface area contributed by atoms with E-state index in [1.165, 1.54) is 0 Å². The third-order valence-corrected chi connectivity index (χ3v) is 3.37. The number of nitrogens with one attached hydrogen (secondary N) is 2. The molecule has 0 saturated carbocycles. The third kappa shape index (κ3) is 5.41. The second-order valence-electron chi connectivity index (χ2n) is 5.42. The molecule has 1 aromatic heterocycles. The number of amides is 1. The monoisotopic (exact) mass is 294 g/mol. The Kier molecular flexibility index (Phi) is 6.14. The van der Waals surface area contributed by atoms with Gasteiger partial charge in [0.15, 0.2) is 0 Å². The van der Waals surface area contributed by atoms with Gasteiger partial charge in [-0.2, -0.15) is 0 Å². The first-order chi connectivity index (χ1) is 9.81. The number of pyridine rings is 1. The van der Waals surface area contributed by atoms with Crippen LogP contribution in [0.3, 0.4) is 0 Å². The Labute approximate surface area is 123 Å². The smallest absolute Gasteiger partial charge is 0.303 e. The van der Waals surface area contributed by atoms with Gasteiger partial charge in [-0.3, -0.25) is 14.4 Å². The highest BCUT2D eigenvalue weighted by Gasteiger charge is 2.14. The molecule has 0 aliphatic rings. The van der Waals surface area contributed by atoms with Gasteiger partial charge in [0, 0.05) is 18.7 Å². The largest absolute Gasteiger partial charge is 0.481 e. The Morgan fingerprint density at radius 1 is 1.33 bits per heavy atom. The molecule has 0 radical (unpaired) electrons. The Bertz CT molecular complexity index is 578. The van der Waals surface area contributed by atoms with Crippen LogP contribution in [0.15, 0.2) is 10.9 Å². The normalized spacial score (nSPS) is 12.0. The number of carbonyl (C=O) groups is 2. The number of hydrogen-bond donors (Lipinski definition) is 3. The molecule has 0 aromatic carbocycles. The van der Waals surface area contributed by atoms with E-state index in [2.05, 4.69) is 10.3 Å². The Hall–Kier alpha value is -2.11. The van der Waals surface area contributed by atoms with E-state index in [1.807, 2.05) is 6.92 Å². The number of carbonyl (C=O) groups excluding carboxylic acids is 1. The van der Waals surface area contributed by atoms with E-state index in [-0.39, 0.29) is 29.4 Å². The van der Waals surface area contributed by atoms with Gasteiger partial charge in [0.25, 0.3) is 11.5 Å². The number of rotatable bonds is 7. The summed E-state index contributed by atoms with van der Waals surface area (Å²) in [5.74, 6) is -0.995. The minimum Gasteiger partial charge on any atom is -0.481 e. The van der Waals surface area contributed by atoms with E-state index in [1.54, 1.807) is 19.9 Å². The summed E-state index contributed by atoms with van der Waals surface area (Å²) >= 11 is 0. The Morgan fingerprint density at radius 2 is 2.00 bits per heavy atom. The topological polar surface area (TPSA) is 99.3 Å². The van der Waals surface area contributed by atoms with Crippen LogP contribution < -0.4 is 10.9 Å². The second-order valence-corrected chi connectivity index (χ2v) is 5.42. The van der Waals surface area contributed by atoms with Crippen molar-refractivity contribution in [2.75, 3.05) is 6.54 Å². The molecule has 1 atom stereocenters. The molecule has 0 aliphatic heterocycles. The Morgan fingerprint density at radius 3 is 2.57 bits per heavy atom. The molecule has 6 nitrogen and oxygen atoms in total. The molecule has 0 fully saturated rings.